The zero-order chi connectivity index (χ0) is 18.0. The van der Waals surface area contributed by atoms with E-state index in [-0.39, 0.29) is 29.4 Å². The minimum absolute atomic E-state index is 0.0487. The number of carbonyl (C=O) groups is 1. The molecule has 0 aromatic carbocycles. The van der Waals surface area contributed by atoms with Gasteiger partial charge in [-0.1, -0.05) is 0 Å². The maximum atomic E-state index is 12.8. The summed E-state index contributed by atoms with van der Waals surface area (Å²) in [6.07, 6.45) is 5.32. The fourth-order valence-electron chi connectivity index (χ4n) is 3.28. The second kappa shape index (κ2) is 7.23. The number of aliphatic hydroxyl groups is 1. The van der Waals surface area contributed by atoms with Crippen molar-refractivity contribution in [1.29, 1.82) is 0 Å². The van der Waals surface area contributed by atoms with Crippen LogP contribution in [0.25, 0.3) is 0 Å². The maximum Gasteiger partial charge on any atom is 0.259 e. The molecule has 2 aromatic rings. The molecule has 0 saturated carbocycles. The third kappa shape index (κ3) is 3.66. The van der Waals surface area contributed by atoms with Gasteiger partial charge in [0.2, 0.25) is 0 Å². The Hall–Kier alpha value is -2.41. The van der Waals surface area contributed by atoms with Crippen molar-refractivity contribution in [3.05, 3.63) is 51.7 Å². The molecule has 0 radical (unpaired) electrons. The van der Waals surface area contributed by atoms with Gasteiger partial charge >= 0.3 is 0 Å². The molecule has 0 aliphatic carbocycles. The second-order valence-electron chi connectivity index (χ2n) is 6.62. The van der Waals surface area contributed by atoms with Gasteiger partial charge in [-0.05, 0) is 25.8 Å². The maximum absolute atomic E-state index is 12.8. The lowest BCUT2D eigenvalue weighted by molar-refractivity contribution is 0.0703. The highest BCUT2D eigenvalue weighted by Gasteiger charge is 2.28. The molecule has 1 aliphatic rings. The number of aliphatic hydroxyl groups excluding tert-OH is 1. The van der Waals surface area contributed by atoms with Crippen LogP contribution < -0.4 is 5.43 Å². The fraction of sp³-hybridized carbons (Fsp3) is 0.500. The summed E-state index contributed by atoms with van der Waals surface area (Å²) in [5.74, 6) is -0.0490. The molecule has 1 saturated heterocycles. The highest BCUT2D eigenvalue weighted by atomic mass is 16.3. The zero-order valence-corrected chi connectivity index (χ0v) is 14.7. The molecule has 0 spiro atoms. The Morgan fingerprint density at radius 1 is 1.44 bits per heavy atom. The lowest BCUT2D eigenvalue weighted by atomic mass is 9.94. The average molecular weight is 344 g/mol. The Balaban J connectivity index is 1.77. The Bertz CT molecular complexity index is 824. The summed E-state index contributed by atoms with van der Waals surface area (Å²) in [4.78, 5) is 26.8. The van der Waals surface area contributed by atoms with E-state index in [9.17, 15) is 9.59 Å². The van der Waals surface area contributed by atoms with E-state index in [1.807, 2.05) is 26.2 Å². The number of hydrogen-bond acceptors (Lipinski definition) is 4. The van der Waals surface area contributed by atoms with Crippen LogP contribution in [0, 0.1) is 6.92 Å². The van der Waals surface area contributed by atoms with Gasteiger partial charge in [0.25, 0.3) is 5.91 Å². The van der Waals surface area contributed by atoms with E-state index in [4.69, 9.17) is 5.11 Å². The predicted molar refractivity (Wildman–Crippen MR) is 93.6 cm³/mol. The minimum atomic E-state index is -0.227. The van der Waals surface area contributed by atoms with E-state index in [1.165, 1.54) is 6.07 Å². The second-order valence-corrected chi connectivity index (χ2v) is 6.62. The number of rotatable bonds is 4. The number of amides is 1. The van der Waals surface area contributed by atoms with Gasteiger partial charge in [-0.2, -0.15) is 5.10 Å². The quantitative estimate of drug-likeness (QED) is 0.894. The summed E-state index contributed by atoms with van der Waals surface area (Å²) >= 11 is 0. The molecular weight excluding hydrogens is 320 g/mol. The summed E-state index contributed by atoms with van der Waals surface area (Å²) in [7, 11) is 1.83. The number of likely N-dealkylation sites (tertiary alicyclic amines) is 1. The summed E-state index contributed by atoms with van der Waals surface area (Å²) in [5, 5.41) is 13.5. The van der Waals surface area contributed by atoms with Crippen molar-refractivity contribution < 1.29 is 9.90 Å². The third-order valence-corrected chi connectivity index (χ3v) is 4.83. The Morgan fingerprint density at radius 3 is 3.00 bits per heavy atom. The molecule has 2 aromatic heterocycles. The number of hydrogen-bond donors (Lipinski definition) is 1. The minimum Gasteiger partial charge on any atom is -0.394 e. The van der Waals surface area contributed by atoms with Crippen LogP contribution in [0.15, 0.2) is 29.3 Å². The lowest BCUT2D eigenvalue weighted by Gasteiger charge is -2.32. The largest absolute Gasteiger partial charge is 0.394 e. The van der Waals surface area contributed by atoms with Crippen molar-refractivity contribution >= 4 is 5.91 Å². The van der Waals surface area contributed by atoms with Gasteiger partial charge in [0.05, 0.1) is 18.8 Å². The molecule has 7 nitrogen and oxygen atoms in total. The van der Waals surface area contributed by atoms with Crippen molar-refractivity contribution in [2.24, 2.45) is 7.05 Å². The normalized spacial score (nSPS) is 17.7. The monoisotopic (exact) mass is 344 g/mol. The van der Waals surface area contributed by atoms with Crippen LogP contribution in [0.3, 0.4) is 0 Å². The number of piperidine rings is 1. The van der Waals surface area contributed by atoms with Crippen molar-refractivity contribution in [3.8, 4) is 0 Å². The van der Waals surface area contributed by atoms with Gasteiger partial charge < -0.3 is 14.6 Å². The highest BCUT2D eigenvalue weighted by Crippen LogP contribution is 2.26. The van der Waals surface area contributed by atoms with Crippen molar-refractivity contribution in [1.82, 2.24) is 19.2 Å². The van der Waals surface area contributed by atoms with Gasteiger partial charge in [0.15, 0.2) is 5.43 Å². The molecule has 1 atom stereocenters. The van der Waals surface area contributed by atoms with Crippen LogP contribution >= 0.6 is 0 Å². The fourth-order valence-corrected chi connectivity index (χ4v) is 3.28. The Labute approximate surface area is 146 Å². The SMILES string of the molecule is Cc1cc(=O)c(C(=O)N2CCCC(c3ccn(CCO)n3)C2)cn1C. The molecule has 0 bridgehead atoms. The summed E-state index contributed by atoms with van der Waals surface area (Å²) in [5.41, 5.74) is 1.75. The molecule has 7 heteroatoms. The van der Waals surface area contributed by atoms with E-state index < -0.39 is 0 Å². The standard InChI is InChI=1S/C18H24N4O3/c1-13-10-17(24)15(12-20(13)2)18(25)21-6-3-4-14(11-21)16-5-7-22(19-16)8-9-23/h5,7,10,12,14,23H,3-4,6,8-9,11H2,1-2H3. The summed E-state index contributed by atoms with van der Waals surface area (Å²) in [6.45, 7) is 3.58. The van der Waals surface area contributed by atoms with Crippen LogP contribution in [-0.4, -0.2) is 50.0 Å². The van der Waals surface area contributed by atoms with E-state index in [0.29, 0.717) is 19.6 Å². The number of pyridine rings is 1. The molecular formula is C18H24N4O3. The van der Waals surface area contributed by atoms with Gasteiger partial charge in [-0.25, -0.2) is 0 Å². The van der Waals surface area contributed by atoms with Crippen LogP contribution in [-0.2, 0) is 13.6 Å². The molecule has 25 heavy (non-hydrogen) atoms. The van der Waals surface area contributed by atoms with Gasteiger partial charge in [-0.3, -0.25) is 14.3 Å². The smallest absolute Gasteiger partial charge is 0.259 e. The molecule has 1 N–H and O–H groups in total. The summed E-state index contributed by atoms with van der Waals surface area (Å²) < 4.78 is 3.51. The average Bonchev–Trinajstić information content (AvgIpc) is 3.07. The molecule has 1 unspecified atom stereocenters. The summed E-state index contributed by atoms with van der Waals surface area (Å²) in [6, 6.07) is 3.45. The van der Waals surface area contributed by atoms with Crippen LogP contribution in [0.4, 0.5) is 0 Å². The Kier molecular flexibility index (Phi) is 5.03. The zero-order valence-electron chi connectivity index (χ0n) is 14.7. The molecule has 1 aliphatic heterocycles. The molecule has 134 valence electrons. The first-order valence-electron chi connectivity index (χ1n) is 8.60. The van der Waals surface area contributed by atoms with E-state index in [0.717, 1.165) is 24.2 Å². The first-order chi connectivity index (χ1) is 12.0. The van der Waals surface area contributed by atoms with Crippen molar-refractivity contribution in [2.75, 3.05) is 19.7 Å². The number of aromatic nitrogens is 3. The van der Waals surface area contributed by atoms with Gasteiger partial charge in [-0.15, -0.1) is 0 Å². The van der Waals surface area contributed by atoms with Crippen molar-refractivity contribution in [2.45, 2.75) is 32.2 Å². The number of aryl methyl sites for hydroxylation is 2. The van der Waals surface area contributed by atoms with Gasteiger partial charge in [0, 0.05) is 50.2 Å². The van der Waals surface area contributed by atoms with E-state index in [1.54, 1.807) is 20.3 Å². The first kappa shape index (κ1) is 17.4. The van der Waals surface area contributed by atoms with Crippen molar-refractivity contribution in [3.63, 3.8) is 0 Å². The van der Waals surface area contributed by atoms with Crippen LogP contribution in [0.5, 0.6) is 0 Å². The predicted octanol–water partition coefficient (Wildman–Crippen LogP) is 0.902. The molecule has 3 heterocycles. The number of nitrogens with zero attached hydrogens (tertiary/aromatic N) is 4. The molecule has 3 rings (SSSR count). The van der Waals surface area contributed by atoms with Gasteiger partial charge in [0.1, 0.15) is 5.56 Å². The highest BCUT2D eigenvalue weighted by molar-refractivity contribution is 5.94. The molecule has 1 amide bonds. The Morgan fingerprint density at radius 2 is 2.24 bits per heavy atom. The molecule has 1 fully saturated rings. The lowest BCUT2D eigenvalue weighted by Crippen LogP contribution is -2.41. The number of carbonyl (C=O) groups excluding carboxylic acids is 1. The van der Waals surface area contributed by atoms with Crippen LogP contribution in [0.2, 0.25) is 0 Å². The topological polar surface area (TPSA) is 80.4 Å². The first-order valence-corrected chi connectivity index (χ1v) is 8.60. The third-order valence-electron chi connectivity index (χ3n) is 4.83. The van der Waals surface area contributed by atoms with E-state index in [2.05, 4.69) is 5.10 Å². The van der Waals surface area contributed by atoms with E-state index >= 15 is 0 Å². The van der Waals surface area contributed by atoms with Crippen LogP contribution in [0.1, 0.15) is 40.5 Å².